The molecular formula is C17H23N3O5. The number of para-hydroxylation sites is 1. The molecule has 1 aliphatic rings. The first-order chi connectivity index (χ1) is 11.8. The summed E-state index contributed by atoms with van der Waals surface area (Å²) in [5.41, 5.74) is 6.15. The summed E-state index contributed by atoms with van der Waals surface area (Å²) < 4.78 is 5.24. The average molecular weight is 349 g/mol. The van der Waals surface area contributed by atoms with E-state index >= 15 is 0 Å². The molecule has 0 bridgehead atoms. The molecule has 1 fully saturated rings. The second kappa shape index (κ2) is 7.98. The Kier molecular flexibility index (Phi) is 5.97. The van der Waals surface area contributed by atoms with E-state index in [1.165, 1.54) is 18.9 Å². The van der Waals surface area contributed by atoms with Gasteiger partial charge in [0.2, 0.25) is 17.7 Å². The Hall–Kier alpha value is -2.61. The number of hydrogen-bond acceptors (Lipinski definition) is 5. The highest BCUT2D eigenvalue weighted by atomic mass is 16.5. The number of aliphatic hydroxyl groups excluding tert-OH is 1. The van der Waals surface area contributed by atoms with Gasteiger partial charge in [-0.15, -0.1) is 0 Å². The van der Waals surface area contributed by atoms with Crippen LogP contribution in [0, 0.1) is 0 Å². The molecule has 1 aromatic rings. The van der Waals surface area contributed by atoms with E-state index in [1.54, 1.807) is 24.3 Å². The van der Waals surface area contributed by atoms with Crippen LogP contribution in [0.25, 0.3) is 0 Å². The predicted octanol–water partition coefficient (Wildman–Crippen LogP) is -0.810. The minimum atomic E-state index is -0.949. The number of nitrogens with one attached hydrogen (secondary N) is 1. The minimum Gasteiger partial charge on any atom is -0.496 e. The summed E-state index contributed by atoms with van der Waals surface area (Å²) in [6.07, 6.45) is -0.465. The Labute approximate surface area is 145 Å². The number of carbonyl (C=O) groups excluding carboxylic acids is 3. The average Bonchev–Trinajstić information content (AvgIpc) is 2.97. The van der Waals surface area contributed by atoms with Crippen LogP contribution in [0.15, 0.2) is 24.3 Å². The lowest BCUT2D eigenvalue weighted by molar-refractivity contribution is -0.138. The molecule has 0 radical (unpaired) electrons. The molecule has 1 heterocycles. The van der Waals surface area contributed by atoms with E-state index in [1.807, 2.05) is 0 Å². The molecule has 2 rings (SSSR count). The van der Waals surface area contributed by atoms with Gasteiger partial charge in [0.1, 0.15) is 17.8 Å². The molecule has 0 saturated carbocycles. The van der Waals surface area contributed by atoms with Crippen molar-refractivity contribution in [2.24, 2.45) is 5.73 Å². The van der Waals surface area contributed by atoms with Crippen molar-refractivity contribution in [3.8, 4) is 5.75 Å². The molecule has 0 aromatic heterocycles. The molecule has 0 spiro atoms. The highest BCUT2D eigenvalue weighted by molar-refractivity contribution is 5.91. The Morgan fingerprint density at radius 1 is 1.40 bits per heavy atom. The highest BCUT2D eigenvalue weighted by Crippen LogP contribution is 2.21. The summed E-state index contributed by atoms with van der Waals surface area (Å²) in [6.45, 7) is 1.43. The molecule has 8 heteroatoms. The summed E-state index contributed by atoms with van der Waals surface area (Å²) in [4.78, 5) is 37.2. The van der Waals surface area contributed by atoms with E-state index in [-0.39, 0.29) is 25.3 Å². The third-order valence-electron chi connectivity index (χ3n) is 4.26. The maximum atomic E-state index is 12.5. The molecule has 136 valence electrons. The third kappa shape index (κ3) is 4.48. The largest absolute Gasteiger partial charge is 0.496 e. The van der Waals surface area contributed by atoms with Crippen molar-refractivity contribution in [1.29, 1.82) is 0 Å². The first kappa shape index (κ1) is 18.7. The zero-order valence-corrected chi connectivity index (χ0v) is 14.3. The molecular weight excluding hydrogens is 326 g/mol. The molecule has 3 atom stereocenters. The summed E-state index contributed by atoms with van der Waals surface area (Å²) in [5.74, 6) is -0.917. The monoisotopic (exact) mass is 349 g/mol. The fraction of sp³-hybridized carbons (Fsp3) is 0.471. The quantitative estimate of drug-likeness (QED) is 0.620. The summed E-state index contributed by atoms with van der Waals surface area (Å²) in [7, 11) is 1.52. The molecule has 0 aliphatic carbocycles. The van der Waals surface area contributed by atoms with Gasteiger partial charge >= 0.3 is 0 Å². The van der Waals surface area contributed by atoms with Crippen LogP contribution in [0.3, 0.4) is 0 Å². The number of ether oxygens (including phenoxy) is 1. The van der Waals surface area contributed by atoms with Gasteiger partial charge in [-0.3, -0.25) is 14.4 Å². The number of methoxy groups -OCH3 is 1. The zero-order chi connectivity index (χ0) is 18.6. The SMILES string of the molecule is COc1ccccc1C[C@@H](NC(=O)[C@@H]1C[C@@H](O)CN1C(C)=O)C(N)=O. The number of nitrogens with zero attached hydrogens (tertiary/aromatic N) is 1. The van der Waals surface area contributed by atoms with Crippen molar-refractivity contribution in [1.82, 2.24) is 10.2 Å². The molecule has 4 N–H and O–H groups in total. The zero-order valence-electron chi connectivity index (χ0n) is 14.3. The van der Waals surface area contributed by atoms with Gasteiger partial charge in [-0.25, -0.2) is 0 Å². The number of carbonyl (C=O) groups is 3. The lowest BCUT2D eigenvalue weighted by Gasteiger charge is -2.24. The van der Waals surface area contributed by atoms with Crippen molar-refractivity contribution in [2.75, 3.05) is 13.7 Å². The van der Waals surface area contributed by atoms with E-state index in [0.717, 1.165) is 5.56 Å². The summed E-state index contributed by atoms with van der Waals surface area (Å²) in [5, 5.41) is 12.3. The molecule has 0 unspecified atom stereocenters. The van der Waals surface area contributed by atoms with Gasteiger partial charge < -0.3 is 25.8 Å². The first-order valence-corrected chi connectivity index (χ1v) is 8.00. The maximum absolute atomic E-state index is 12.5. The highest BCUT2D eigenvalue weighted by Gasteiger charge is 2.38. The van der Waals surface area contributed by atoms with E-state index in [4.69, 9.17) is 10.5 Å². The number of β-amino-alcohol motifs (C(OH)–C–C–N with tert-alkyl or cyclic N) is 1. The first-order valence-electron chi connectivity index (χ1n) is 8.00. The van der Waals surface area contributed by atoms with Crippen LogP contribution < -0.4 is 15.8 Å². The lowest BCUT2D eigenvalue weighted by atomic mass is 10.0. The Morgan fingerprint density at radius 3 is 2.68 bits per heavy atom. The third-order valence-corrected chi connectivity index (χ3v) is 4.26. The second-order valence-electron chi connectivity index (χ2n) is 6.06. The van der Waals surface area contributed by atoms with Crippen molar-refractivity contribution in [2.45, 2.75) is 38.0 Å². The Balaban J connectivity index is 2.12. The number of benzene rings is 1. The standard InChI is InChI=1S/C17H23N3O5/c1-10(21)20-9-12(22)8-14(20)17(24)19-13(16(18)23)7-11-5-3-4-6-15(11)25-2/h3-6,12-14,22H,7-9H2,1-2H3,(H2,18,23)(H,19,24)/t12-,13-,14+/m1/s1. The van der Waals surface area contributed by atoms with Crippen LogP contribution in [0.4, 0.5) is 0 Å². The van der Waals surface area contributed by atoms with Gasteiger partial charge in [0, 0.05) is 26.3 Å². The number of rotatable bonds is 6. The number of nitrogens with two attached hydrogens (primary N) is 1. The van der Waals surface area contributed by atoms with Crippen molar-refractivity contribution in [3.05, 3.63) is 29.8 Å². The number of amides is 3. The van der Waals surface area contributed by atoms with Crippen molar-refractivity contribution >= 4 is 17.7 Å². The fourth-order valence-electron chi connectivity index (χ4n) is 2.99. The molecule has 1 aromatic carbocycles. The van der Waals surface area contributed by atoms with Gasteiger partial charge in [-0.2, -0.15) is 0 Å². The van der Waals surface area contributed by atoms with E-state index in [9.17, 15) is 19.5 Å². The Bertz CT molecular complexity index is 663. The van der Waals surface area contributed by atoms with Crippen LogP contribution in [-0.2, 0) is 20.8 Å². The second-order valence-corrected chi connectivity index (χ2v) is 6.06. The number of hydrogen-bond donors (Lipinski definition) is 3. The van der Waals surface area contributed by atoms with Gasteiger partial charge in [0.15, 0.2) is 0 Å². The van der Waals surface area contributed by atoms with Crippen LogP contribution in [0.1, 0.15) is 18.9 Å². The van der Waals surface area contributed by atoms with Crippen LogP contribution in [0.5, 0.6) is 5.75 Å². The van der Waals surface area contributed by atoms with Gasteiger partial charge in [-0.05, 0) is 11.6 Å². The molecule has 1 aliphatic heterocycles. The molecule has 3 amide bonds. The summed E-state index contributed by atoms with van der Waals surface area (Å²) in [6, 6.07) is 5.36. The fourth-order valence-corrected chi connectivity index (χ4v) is 2.99. The van der Waals surface area contributed by atoms with E-state index in [0.29, 0.717) is 5.75 Å². The van der Waals surface area contributed by atoms with Crippen LogP contribution in [0.2, 0.25) is 0 Å². The number of primary amides is 1. The number of aliphatic hydroxyl groups is 1. The molecule has 1 saturated heterocycles. The number of likely N-dealkylation sites (tertiary alicyclic amines) is 1. The van der Waals surface area contributed by atoms with Gasteiger partial charge in [0.05, 0.1) is 13.2 Å². The molecule has 25 heavy (non-hydrogen) atoms. The van der Waals surface area contributed by atoms with Crippen LogP contribution in [-0.4, -0.2) is 59.6 Å². The summed E-state index contributed by atoms with van der Waals surface area (Å²) >= 11 is 0. The van der Waals surface area contributed by atoms with Gasteiger partial charge in [-0.1, -0.05) is 18.2 Å². The van der Waals surface area contributed by atoms with E-state index < -0.39 is 30.0 Å². The van der Waals surface area contributed by atoms with Gasteiger partial charge in [0.25, 0.3) is 0 Å². The van der Waals surface area contributed by atoms with Crippen molar-refractivity contribution in [3.63, 3.8) is 0 Å². The Morgan fingerprint density at radius 2 is 2.08 bits per heavy atom. The topological polar surface area (TPSA) is 122 Å². The lowest BCUT2D eigenvalue weighted by Crippen LogP contribution is -2.52. The van der Waals surface area contributed by atoms with Crippen LogP contribution >= 0.6 is 0 Å². The minimum absolute atomic E-state index is 0.0984. The van der Waals surface area contributed by atoms with E-state index in [2.05, 4.69) is 5.32 Å². The smallest absolute Gasteiger partial charge is 0.243 e. The predicted molar refractivity (Wildman–Crippen MR) is 89.6 cm³/mol. The maximum Gasteiger partial charge on any atom is 0.243 e. The molecule has 8 nitrogen and oxygen atoms in total. The van der Waals surface area contributed by atoms with Crippen molar-refractivity contribution < 1.29 is 24.2 Å². The normalized spacial score (nSPS) is 20.8.